The lowest BCUT2D eigenvalue weighted by Crippen LogP contribution is -2.13. The van der Waals surface area contributed by atoms with E-state index in [-0.39, 0.29) is 7.92 Å². The summed E-state index contributed by atoms with van der Waals surface area (Å²) in [6.07, 6.45) is 7.81. The number of rotatable bonds is 0. The zero-order valence-electron chi connectivity index (χ0n) is 8.41. The molecule has 1 aliphatic heterocycles. The molecule has 1 unspecified atom stereocenters. The first-order chi connectivity index (χ1) is 6.20. The summed E-state index contributed by atoms with van der Waals surface area (Å²) >= 11 is 0. The molecular weight excluding hydrogens is 177 g/mol. The van der Waals surface area contributed by atoms with Crippen LogP contribution in [0.5, 0.6) is 0 Å². The van der Waals surface area contributed by atoms with E-state index in [0.717, 1.165) is 6.42 Å². The largest absolute Gasteiger partial charge is 0.205 e. The smallest absolute Gasteiger partial charge is 0.182 e. The summed E-state index contributed by atoms with van der Waals surface area (Å²) in [5, 5.41) is 1.56. The Balaban J connectivity index is 2.52. The van der Waals surface area contributed by atoms with Crippen LogP contribution in [0.1, 0.15) is 13.3 Å². The van der Waals surface area contributed by atoms with Crippen molar-refractivity contribution in [3.05, 3.63) is 34.8 Å². The Kier molecular flexibility index (Phi) is 2.21. The van der Waals surface area contributed by atoms with Gasteiger partial charge in [0.1, 0.15) is 7.05 Å². The molecule has 2 aliphatic rings. The number of hydrogen-bond acceptors (Lipinski definition) is 0. The molecule has 0 spiro atoms. The fourth-order valence-corrected chi connectivity index (χ4v) is 3.65. The van der Waals surface area contributed by atoms with Gasteiger partial charge in [-0.25, -0.2) is 4.58 Å². The molecule has 0 saturated heterocycles. The normalized spacial score (nSPS) is 26.8. The van der Waals surface area contributed by atoms with Crippen molar-refractivity contribution in [2.75, 3.05) is 13.7 Å². The first-order valence-electron chi connectivity index (χ1n) is 4.58. The van der Waals surface area contributed by atoms with Crippen LogP contribution in [-0.4, -0.2) is 24.2 Å². The predicted molar refractivity (Wildman–Crippen MR) is 59.6 cm³/mol. The van der Waals surface area contributed by atoms with Gasteiger partial charge in [0.15, 0.2) is 11.7 Å². The number of nitrogens with zero attached hydrogens (tertiary/aromatic N) is 1. The maximum absolute atomic E-state index is 2.35. The predicted octanol–water partition coefficient (Wildman–Crippen LogP) is 2.90. The van der Waals surface area contributed by atoms with E-state index < -0.39 is 0 Å². The third kappa shape index (κ3) is 1.42. The second kappa shape index (κ2) is 3.23. The van der Waals surface area contributed by atoms with Gasteiger partial charge in [0.2, 0.25) is 0 Å². The highest BCUT2D eigenvalue weighted by atomic mass is 31.1. The Morgan fingerprint density at radius 1 is 1.46 bits per heavy atom. The summed E-state index contributed by atoms with van der Waals surface area (Å²) < 4.78 is 2.28. The average molecular weight is 192 g/mol. The van der Waals surface area contributed by atoms with Crippen molar-refractivity contribution in [2.45, 2.75) is 13.3 Å². The summed E-state index contributed by atoms with van der Waals surface area (Å²) in [6, 6.07) is 0. The molecule has 0 N–H and O–H groups in total. The van der Waals surface area contributed by atoms with Gasteiger partial charge < -0.3 is 0 Å². The van der Waals surface area contributed by atoms with Gasteiger partial charge in [-0.05, 0) is 18.4 Å². The Labute approximate surface area is 80.9 Å². The highest BCUT2D eigenvalue weighted by molar-refractivity contribution is 7.75. The van der Waals surface area contributed by atoms with E-state index in [1.54, 1.807) is 10.9 Å². The van der Waals surface area contributed by atoms with Crippen molar-refractivity contribution in [2.24, 2.45) is 0 Å². The van der Waals surface area contributed by atoms with Crippen molar-refractivity contribution in [3.63, 3.8) is 0 Å². The molecule has 1 nitrogen and oxygen atoms in total. The monoisotopic (exact) mass is 192 g/mol. The molecule has 13 heavy (non-hydrogen) atoms. The molecule has 0 fully saturated rings. The zero-order chi connectivity index (χ0) is 9.42. The van der Waals surface area contributed by atoms with Crippen molar-refractivity contribution < 1.29 is 4.58 Å². The first-order valence-corrected chi connectivity index (χ1v) is 6.43. The molecule has 0 aromatic carbocycles. The first kappa shape index (κ1) is 8.90. The summed E-state index contributed by atoms with van der Waals surface area (Å²) in [6.45, 7) is 4.53. The third-order valence-corrected chi connectivity index (χ3v) is 4.59. The van der Waals surface area contributed by atoms with E-state index in [1.807, 2.05) is 0 Å². The fourth-order valence-electron chi connectivity index (χ4n) is 1.84. The molecule has 0 amide bonds. The van der Waals surface area contributed by atoms with Crippen LogP contribution in [0.15, 0.2) is 34.8 Å². The van der Waals surface area contributed by atoms with E-state index in [2.05, 4.69) is 49.4 Å². The Bertz CT molecular complexity index is 358. The minimum atomic E-state index is -0.0621. The summed E-state index contributed by atoms with van der Waals surface area (Å²) in [7, 11) is 2.09. The number of allylic oxidation sites excluding steroid dienone is 6. The standard InChI is InChI=1S/C11H15NP/c1-9-10-6-4-5-7-11(10)13(3)8-12(9)2/h4-5,7-8H,6H2,1-3H3/q+1. The highest BCUT2D eigenvalue weighted by Gasteiger charge is 2.25. The quantitative estimate of drug-likeness (QED) is 0.410. The second-order valence-electron chi connectivity index (χ2n) is 3.59. The van der Waals surface area contributed by atoms with E-state index in [4.69, 9.17) is 0 Å². The molecule has 0 aromatic heterocycles. The Morgan fingerprint density at radius 2 is 2.23 bits per heavy atom. The van der Waals surface area contributed by atoms with Crippen LogP contribution in [0.25, 0.3) is 0 Å². The van der Waals surface area contributed by atoms with E-state index >= 15 is 0 Å². The molecule has 1 aliphatic carbocycles. The Morgan fingerprint density at radius 3 is 3.00 bits per heavy atom. The lowest BCUT2D eigenvalue weighted by Gasteiger charge is -2.21. The van der Waals surface area contributed by atoms with Crippen molar-refractivity contribution >= 4 is 13.9 Å². The van der Waals surface area contributed by atoms with Gasteiger partial charge in [0, 0.05) is 20.4 Å². The van der Waals surface area contributed by atoms with Gasteiger partial charge in [-0.1, -0.05) is 18.2 Å². The molecular formula is C11H15NP+. The van der Waals surface area contributed by atoms with Gasteiger partial charge in [-0.15, -0.1) is 0 Å². The zero-order valence-corrected chi connectivity index (χ0v) is 9.31. The lowest BCUT2D eigenvalue weighted by molar-refractivity contribution is -0.437. The molecule has 0 radical (unpaired) electrons. The number of hydrogen-bond donors (Lipinski definition) is 0. The summed E-state index contributed by atoms with van der Waals surface area (Å²) in [5.74, 6) is 2.35. The molecule has 2 rings (SSSR count). The van der Waals surface area contributed by atoms with Gasteiger partial charge >= 0.3 is 0 Å². The van der Waals surface area contributed by atoms with Crippen molar-refractivity contribution in [1.82, 2.24) is 0 Å². The molecule has 68 valence electrons. The van der Waals surface area contributed by atoms with Gasteiger partial charge in [0.05, 0.1) is 0 Å². The molecule has 1 atom stereocenters. The van der Waals surface area contributed by atoms with Gasteiger partial charge in [-0.3, -0.25) is 0 Å². The van der Waals surface area contributed by atoms with Crippen molar-refractivity contribution in [3.8, 4) is 0 Å². The molecule has 0 aromatic rings. The third-order valence-electron chi connectivity index (χ3n) is 2.71. The average Bonchev–Trinajstić information content (AvgIpc) is 2.15. The van der Waals surface area contributed by atoms with Crippen LogP contribution in [0.3, 0.4) is 0 Å². The minimum Gasteiger partial charge on any atom is -0.205 e. The van der Waals surface area contributed by atoms with Crippen LogP contribution in [0.4, 0.5) is 0 Å². The van der Waals surface area contributed by atoms with E-state index in [9.17, 15) is 0 Å². The maximum atomic E-state index is 2.35. The maximum Gasteiger partial charge on any atom is 0.182 e. The van der Waals surface area contributed by atoms with Crippen LogP contribution in [-0.2, 0) is 0 Å². The van der Waals surface area contributed by atoms with Crippen LogP contribution in [0.2, 0.25) is 0 Å². The summed E-state index contributed by atoms with van der Waals surface area (Å²) in [4.78, 5) is 0. The minimum absolute atomic E-state index is 0.0621. The molecule has 0 saturated carbocycles. The topological polar surface area (TPSA) is 3.01 Å². The molecule has 0 bridgehead atoms. The van der Waals surface area contributed by atoms with Gasteiger partial charge in [-0.2, -0.15) is 0 Å². The van der Waals surface area contributed by atoms with Crippen LogP contribution in [0, 0.1) is 0 Å². The van der Waals surface area contributed by atoms with Crippen molar-refractivity contribution in [1.29, 1.82) is 0 Å². The SMILES string of the molecule is CC1=C2CC=CC=C2P(C)C=[N+]1C. The molecule has 2 heteroatoms. The molecule has 1 heterocycles. The fraction of sp³-hybridized carbons (Fsp3) is 0.364. The summed E-state index contributed by atoms with van der Waals surface area (Å²) in [5.41, 5.74) is 2.96. The second-order valence-corrected chi connectivity index (χ2v) is 5.52. The number of fused-ring (bicyclic) bond motifs is 1. The van der Waals surface area contributed by atoms with Crippen LogP contribution < -0.4 is 0 Å². The Hall–Kier alpha value is -0.680. The van der Waals surface area contributed by atoms with Crippen LogP contribution >= 0.6 is 7.92 Å². The van der Waals surface area contributed by atoms with Gasteiger partial charge in [0.25, 0.3) is 0 Å². The lowest BCUT2D eigenvalue weighted by atomic mass is 10.1. The van der Waals surface area contributed by atoms with E-state index in [0.29, 0.717) is 0 Å². The highest BCUT2D eigenvalue weighted by Crippen LogP contribution is 2.48. The van der Waals surface area contributed by atoms with E-state index in [1.165, 1.54) is 5.70 Å².